The van der Waals surface area contributed by atoms with Gasteiger partial charge in [-0.15, -0.1) is 0 Å². The molecule has 1 amide bonds. The molecule has 2 heterocycles. The molecule has 1 saturated carbocycles. The van der Waals surface area contributed by atoms with Crippen molar-refractivity contribution in [2.24, 2.45) is 0 Å². The topological polar surface area (TPSA) is 93.9 Å². The Morgan fingerprint density at radius 2 is 1.76 bits per heavy atom. The van der Waals surface area contributed by atoms with Crippen LogP contribution in [0.25, 0.3) is 11.0 Å². The number of hydrogen-bond donors (Lipinski definition) is 0. The van der Waals surface area contributed by atoms with Gasteiger partial charge in [0.25, 0.3) is 5.91 Å². The maximum absolute atomic E-state index is 13.1. The first-order valence-corrected chi connectivity index (χ1v) is 13.9. The first kappa shape index (κ1) is 22.4. The summed E-state index contributed by atoms with van der Waals surface area (Å²) in [5.41, 5.74) is 4.17. The van der Waals surface area contributed by atoms with Crippen molar-refractivity contribution < 1.29 is 27.2 Å². The molecule has 7 nitrogen and oxygen atoms in total. The van der Waals surface area contributed by atoms with E-state index in [1.807, 2.05) is 0 Å². The van der Waals surface area contributed by atoms with Crippen LogP contribution in [0.1, 0.15) is 61.6 Å². The molecule has 5 rings (SSSR count). The fourth-order valence-electron chi connectivity index (χ4n) is 5.77. The zero-order chi connectivity index (χ0) is 23.0. The molecule has 1 aromatic carbocycles. The molecule has 1 unspecified atom stereocenters. The molecule has 1 aliphatic heterocycles. The minimum atomic E-state index is -3.12. The van der Waals surface area contributed by atoms with Crippen LogP contribution >= 0.6 is 0 Å². The van der Waals surface area contributed by atoms with E-state index < -0.39 is 15.8 Å². The van der Waals surface area contributed by atoms with Crippen molar-refractivity contribution in [1.82, 2.24) is 4.90 Å². The highest BCUT2D eigenvalue weighted by Gasteiger charge is 2.38. The number of sulfone groups is 1. The van der Waals surface area contributed by atoms with Crippen molar-refractivity contribution in [2.45, 2.75) is 76.3 Å². The van der Waals surface area contributed by atoms with Crippen LogP contribution in [0, 0.1) is 0 Å². The van der Waals surface area contributed by atoms with Gasteiger partial charge >= 0.3 is 5.97 Å². The van der Waals surface area contributed by atoms with Crippen LogP contribution in [0.3, 0.4) is 0 Å². The molecule has 2 aliphatic carbocycles. The Morgan fingerprint density at radius 1 is 1.00 bits per heavy atom. The van der Waals surface area contributed by atoms with Crippen molar-refractivity contribution in [2.75, 3.05) is 18.1 Å². The van der Waals surface area contributed by atoms with E-state index in [-0.39, 0.29) is 42.5 Å². The highest BCUT2D eigenvalue weighted by atomic mass is 32.2. The van der Waals surface area contributed by atoms with Crippen molar-refractivity contribution in [3.8, 4) is 0 Å². The number of aryl methyl sites for hydroxylation is 2. The number of rotatable bonds is 6. The molecular weight excluding hydrogens is 442 g/mol. The SMILES string of the molecule is O=C(Cc1coc2cc3c(cc12)CCC3)OCC(=O)N(C1CCCCC1)C1CCS(=O)(=O)C1. The number of fused-ring (bicyclic) bond motifs is 2. The third-order valence-electron chi connectivity index (χ3n) is 7.42. The predicted molar refractivity (Wildman–Crippen MR) is 124 cm³/mol. The molecule has 1 aromatic heterocycles. The average molecular weight is 474 g/mol. The number of hydrogen-bond acceptors (Lipinski definition) is 6. The Kier molecular flexibility index (Phi) is 6.20. The van der Waals surface area contributed by atoms with Crippen molar-refractivity contribution in [3.63, 3.8) is 0 Å². The number of carbonyl (C=O) groups is 2. The zero-order valence-corrected chi connectivity index (χ0v) is 19.7. The van der Waals surface area contributed by atoms with Gasteiger partial charge in [0.2, 0.25) is 0 Å². The quantitative estimate of drug-likeness (QED) is 0.597. The van der Waals surface area contributed by atoms with Gasteiger partial charge in [0, 0.05) is 23.0 Å². The van der Waals surface area contributed by atoms with Gasteiger partial charge in [-0.1, -0.05) is 19.3 Å². The molecule has 2 fully saturated rings. The highest BCUT2D eigenvalue weighted by molar-refractivity contribution is 7.91. The van der Waals surface area contributed by atoms with Crippen molar-refractivity contribution in [3.05, 3.63) is 35.1 Å². The number of esters is 1. The normalized spacial score (nSPS) is 22.4. The molecule has 1 atom stereocenters. The lowest BCUT2D eigenvalue weighted by atomic mass is 9.93. The van der Waals surface area contributed by atoms with Gasteiger partial charge in [-0.25, -0.2) is 8.42 Å². The molecule has 8 heteroatoms. The second-order valence-electron chi connectivity index (χ2n) is 9.72. The van der Waals surface area contributed by atoms with Crippen LogP contribution in [-0.2, 0) is 43.4 Å². The largest absolute Gasteiger partial charge is 0.464 e. The van der Waals surface area contributed by atoms with Crippen molar-refractivity contribution in [1.29, 1.82) is 0 Å². The number of ether oxygens (including phenoxy) is 1. The molecule has 1 saturated heterocycles. The van der Waals surface area contributed by atoms with E-state index in [1.54, 1.807) is 11.2 Å². The Bertz CT molecular complexity index is 1160. The molecule has 178 valence electrons. The van der Waals surface area contributed by atoms with Gasteiger partial charge in [-0.3, -0.25) is 9.59 Å². The van der Waals surface area contributed by atoms with Gasteiger partial charge < -0.3 is 14.1 Å². The smallest absolute Gasteiger partial charge is 0.310 e. The van der Waals surface area contributed by atoms with Gasteiger partial charge in [-0.05, 0) is 61.8 Å². The Labute approximate surface area is 194 Å². The number of amides is 1. The van der Waals surface area contributed by atoms with Gasteiger partial charge in [0.1, 0.15) is 5.58 Å². The number of furan rings is 1. The fraction of sp³-hybridized carbons (Fsp3) is 0.600. The third kappa shape index (κ3) is 4.81. The summed E-state index contributed by atoms with van der Waals surface area (Å²) in [5.74, 6) is -0.638. The molecule has 0 N–H and O–H groups in total. The summed E-state index contributed by atoms with van der Waals surface area (Å²) >= 11 is 0. The van der Waals surface area contributed by atoms with Crippen LogP contribution in [0.15, 0.2) is 22.8 Å². The fourth-order valence-corrected chi connectivity index (χ4v) is 7.48. The summed E-state index contributed by atoms with van der Waals surface area (Å²) in [7, 11) is -3.12. The molecule has 33 heavy (non-hydrogen) atoms. The van der Waals surface area contributed by atoms with E-state index in [2.05, 4.69) is 12.1 Å². The molecule has 0 bridgehead atoms. The molecule has 2 aromatic rings. The van der Waals surface area contributed by atoms with Gasteiger partial charge in [0.05, 0.1) is 24.2 Å². The third-order valence-corrected chi connectivity index (χ3v) is 9.17. The Morgan fingerprint density at radius 3 is 2.48 bits per heavy atom. The maximum Gasteiger partial charge on any atom is 0.310 e. The lowest BCUT2D eigenvalue weighted by Gasteiger charge is -2.38. The minimum Gasteiger partial charge on any atom is -0.464 e. The Balaban J connectivity index is 1.24. The molecule has 0 spiro atoms. The average Bonchev–Trinajstić information content (AvgIpc) is 3.50. The monoisotopic (exact) mass is 473 g/mol. The minimum absolute atomic E-state index is 0.00845. The Hall–Kier alpha value is -2.35. The standard InChI is InChI=1S/C25H31NO6S/c27-24(26(20-7-2-1-3-8-20)21-9-10-33(29,30)16-21)15-32-25(28)13-19-14-31-23-12-18-6-4-5-17(18)11-22(19)23/h11-12,14,20-21H,1-10,13,15-16H2. The highest BCUT2D eigenvalue weighted by Crippen LogP contribution is 2.31. The lowest BCUT2D eigenvalue weighted by molar-refractivity contribution is -0.154. The maximum atomic E-state index is 13.1. The van der Waals surface area contributed by atoms with E-state index in [4.69, 9.17) is 9.15 Å². The van der Waals surface area contributed by atoms with Crippen LogP contribution in [0.2, 0.25) is 0 Å². The van der Waals surface area contributed by atoms with Gasteiger partial charge in [0.15, 0.2) is 16.4 Å². The van der Waals surface area contributed by atoms with E-state index in [9.17, 15) is 18.0 Å². The molecule has 3 aliphatic rings. The van der Waals surface area contributed by atoms with Crippen LogP contribution in [0.4, 0.5) is 0 Å². The van der Waals surface area contributed by atoms with Crippen LogP contribution in [0.5, 0.6) is 0 Å². The second-order valence-corrected chi connectivity index (χ2v) is 11.9. The molecular formula is C25H31NO6S. The summed E-state index contributed by atoms with van der Waals surface area (Å²) in [6.07, 6.45) is 10.3. The predicted octanol–water partition coefficient (Wildman–Crippen LogP) is 3.36. The zero-order valence-electron chi connectivity index (χ0n) is 18.9. The summed E-state index contributed by atoms with van der Waals surface area (Å²) < 4.78 is 35.1. The van der Waals surface area contributed by atoms with Crippen molar-refractivity contribution >= 4 is 32.7 Å². The van der Waals surface area contributed by atoms with Gasteiger partial charge in [-0.2, -0.15) is 0 Å². The first-order valence-electron chi connectivity index (χ1n) is 12.1. The summed E-state index contributed by atoms with van der Waals surface area (Å²) in [6, 6.07) is 3.89. The van der Waals surface area contributed by atoms with Crippen LogP contribution < -0.4 is 0 Å². The van der Waals surface area contributed by atoms with E-state index >= 15 is 0 Å². The number of carbonyl (C=O) groups excluding carboxylic acids is 2. The summed E-state index contributed by atoms with van der Waals surface area (Å²) in [6.45, 7) is -0.350. The summed E-state index contributed by atoms with van der Waals surface area (Å²) in [5, 5.41) is 0.930. The van der Waals surface area contributed by atoms with E-state index in [0.29, 0.717) is 6.42 Å². The first-order chi connectivity index (χ1) is 15.9. The molecule has 0 radical (unpaired) electrons. The lowest BCUT2D eigenvalue weighted by Crippen LogP contribution is -2.50. The second kappa shape index (κ2) is 9.12. The number of nitrogens with zero attached hydrogens (tertiary/aromatic N) is 1. The van der Waals surface area contributed by atoms with E-state index in [1.165, 1.54) is 11.1 Å². The summed E-state index contributed by atoms with van der Waals surface area (Å²) in [4.78, 5) is 27.4. The van der Waals surface area contributed by atoms with E-state index in [0.717, 1.165) is 67.9 Å². The number of benzene rings is 1. The van der Waals surface area contributed by atoms with Crippen LogP contribution in [-0.4, -0.2) is 55.4 Å².